The highest BCUT2D eigenvalue weighted by Crippen LogP contribution is 2.25. The van der Waals surface area contributed by atoms with Crippen molar-refractivity contribution in [1.82, 2.24) is 5.43 Å². The van der Waals surface area contributed by atoms with E-state index in [-0.39, 0.29) is 12.5 Å². The van der Waals surface area contributed by atoms with Gasteiger partial charge in [-0.2, -0.15) is 5.10 Å². The molecular formula is C19H22N2O2. The highest BCUT2D eigenvalue weighted by atomic mass is 16.5. The van der Waals surface area contributed by atoms with Crippen LogP contribution in [-0.4, -0.2) is 18.7 Å². The van der Waals surface area contributed by atoms with Crippen LogP contribution in [0.25, 0.3) is 0 Å². The lowest BCUT2D eigenvalue weighted by Gasteiger charge is -2.13. The van der Waals surface area contributed by atoms with Crippen LogP contribution in [0.2, 0.25) is 0 Å². The molecule has 4 nitrogen and oxygen atoms in total. The Labute approximate surface area is 137 Å². The molecule has 0 atom stereocenters. The number of amides is 1. The summed E-state index contributed by atoms with van der Waals surface area (Å²) in [5.41, 5.74) is 5.65. The lowest BCUT2D eigenvalue weighted by atomic mass is 10.0. The normalized spacial score (nSPS) is 11.0. The summed E-state index contributed by atoms with van der Waals surface area (Å²) in [6.07, 6.45) is 1.63. The van der Waals surface area contributed by atoms with Gasteiger partial charge in [-0.1, -0.05) is 56.3 Å². The number of carbonyl (C=O) groups is 1. The number of hydrogen-bond acceptors (Lipinski definition) is 3. The molecule has 1 N–H and O–H groups in total. The molecule has 0 unspecified atom stereocenters. The largest absolute Gasteiger partial charge is 0.483 e. The molecule has 0 radical (unpaired) electrons. The van der Waals surface area contributed by atoms with Crippen molar-refractivity contribution in [3.63, 3.8) is 0 Å². The number of hydrogen-bond donors (Lipinski definition) is 1. The standard InChI is InChI=1S/C19H22N2O2/c1-14(2)17-10-6-7-11-18(17)23-13-19(22)21-20-12-16-9-5-4-8-15(16)3/h4-12,14H,13H2,1-3H3,(H,21,22)/b20-12+. The van der Waals surface area contributed by atoms with Crippen molar-refractivity contribution in [2.45, 2.75) is 26.7 Å². The van der Waals surface area contributed by atoms with E-state index >= 15 is 0 Å². The molecule has 0 aliphatic rings. The minimum absolute atomic E-state index is 0.0607. The number of rotatable bonds is 6. The molecule has 23 heavy (non-hydrogen) atoms. The first-order valence-corrected chi connectivity index (χ1v) is 7.67. The number of para-hydroxylation sites is 1. The van der Waals surface area contributed by atoms with Gasteiger partial charge in [0.05, 0.1) is 6.21 Å². The average Bonchev–Trinajstić information content (AvgIpc) is 2.55. The SMILES string of the molecule is Cc1ccccc1/C=N/NC(=O)COc1ccccc1C(C)C. The van der Waals surface area contributed by atoms with Gasteiger partial charge < -0.3 is 4.74 Å². The predicted octanol–water partition coefficient (Wildman–Crippen LogP) is 3.65. The molecule has 4 heteroatoms. The van der Waals surface area contributed by atoms with Crippen LogP contribution in [0.5, 0.6) is 5.75 Å². The maximum Gasteiger partial charge on any atom is 0.277 e. The molecule has 0 heterocycles. The fraction of sp³-hybridized carbons (Fsp3) is 0.263. The Morgan fingerprint density at radius 2 is 1.87 bits per heavy atom. The van der Waals surface area contributed by atoms with Gasteiger partial charge in [-0.25, -0.2) is 5.43 Å². The van der Waals surface area contributed by atoms with Crippen LogP contribution in [0.3, 0.4) is 0 Å². The molecule has 0 saturated heterocycles. The zero-order valence-electron chi connectivity index (χ0n) is 13.7. The summed E-state index contributed by atoms with van der Waals surface area (Å²) in [6.45, 7) is 6.12. The summed E-state index contributed by atoms with van der Waals surface area (Å²) in [5.74, 6) is 0.794. The van der Waals surface area contributed by atoms with Crippen molar-refractivity contribution >= 4 is 12.1 Å². The van der Waals surface area contributed by atoms with Crippen molar-refractivity contribution in [2.75, 3.05) is 6.61 Å². The number of carbonyl (C=O) groups excluding carboxylic acids is 1. The van der Waals surface area contributed by atoms with Gasteiger partial charge in [-0.05, 0) is 35.6 Å². The molecule has 0 aliphatic carbocycles. The molecule has 0 aliphatic heterocycles. The lowest BCUT2D eigenvalue weighted by Crippen LogP contribution is -2.25. The number of hydrazone groups is 1. The first-order chi connectivity index (χ1) is 11.1. The summed E-state index contributed by atoms with van der Waals surface area (Å²) in [5, 5.41) is 3.97. The van der Waals surface area contributed by atoms with Gasteiger partial charge >= 0.3 is 0 Å². The smallest absolute Gasteiger partial charge is 0.277 e. The van der Waals surface area contributed by atoms with Crippen molar-refractivity contribution in [3.05, 3.63) is 65.2 Å². The highest BCUT2D eigenvalue weighted by molar-refractivity contribution is 5.84. The van der Waals surface area contributed by atoms with E-state index in [2.05, 4.69) is 24.4 Å². The van der Waals surface area contributed by atoms with Gasteiger partial charge in [0.15, 0.2) is 6.61 Å². The fourth-order valence-electron chi connectivity index (χ4n) is 2.17. The Hall–Kier alpha value is -2.62. The Bertz CT molecular complexity index is 693. The van der Waals surface area contributed by atoms with Crippen molar-refractivity contribution in [3.8, 4) is 5.75 Å². The van der Waals surface area contributed by atoms with Crippen LogP contribution in [0.15, 0.2) is 53.6 Å². The Kier molecular flexibility index (Phi) is 5.92. The summed E-state index contributed by atoms with van der Waals surface area (Å²) in [6, 6.07) is 15.6. The molecule has 2 aromatic carbocycles. The monoisotopic (exact) mass is 310 g/mol. The quantitative estimate of drug-likeness (QED) is 0.654. The highest BCUT2D eigenvalue weighted by Gasteiger charge is 2.08. The maximum absolute atomic E-state index is 11.8. The van der Waals surface area contributed by atoms with Crippen LogP contribution in [0, 0.1) is 6.92 Å². The minimum Gasteiger partial charge on any atom is -0.483 e. The summed E-state index contributed by atoms with van der Waals surface area (Å²) < 4.78 is 5.60. The maximum atomic E-state index is 11.8. The van der Waals surface area contributed by atoms with Gasteiger partial charge in [0.1, 0.15) is 5.75 Å². The molecule has 0 aromatic heterocycles. The van der Waals surface area contributed by atoms with E-state index < -0.39 is 0 Å². The van der Waals surface area contributed by atoms with Crippen molar-refractivity contribution < 1.29 is 9.53 Å². The van der Waals surface area contributed by atoms with Crippen LogP contribution in [0.1, 0.15) is 36.5 Å². The predicted molar refractivity (Wildman–Crippen MR) is 92.9 cm³/mol. The molecule has 120 valence electrons. The zero-order valence-corrected chi connectivity index (χ0v) is 13.7. The molecule has 2 rings (SSSR count). The Morgan fingerprint density at radius 1 is 1.17 bits per heavy atom. The summed E-state index contributed by atoms with van der Waals surface area (Å²) in [7, 11) is 0. The average molecular weight is 310 g/mol. The molecule has 0 spiro atoms. The van der Waals surface area contributed by atoms with Crippen LogP contribution >= 0.6 is 0 Å². The van der Waals surface area contributed by atoms with Gasteiger partial charge in [-0.15, -0.1) is 0 Å². The second-order valence-corrected chi connectivity index (χ2v) is 5.63. The summed E-state index contributed by atoms with van der Waals surface area (Å²) >= 11 is 0. The van der Waals surface area contributed by atoms with E-state index in [4.69, 9.17) is 4.74 Å². The lowest BCUT2D eigenvalue weighted by molar-refractivity contribution is -0.123. The molecule has 0 bridgehead atoms. The van der Waals surface area contributed by atoms with Gasteiger partial charge in [0.2, 0.25) is 0 Å². The molecule has 0 fully saturated rings. The second-order valence-electron chi connectivity index (χ2n) is 5.63. The third-order valence-electron chi connectivity index (χ3n) is 3.48. The van der Waals surface area contributed by atoms with E-state index in [1.807, 2.05) is 55.5 Å². The Morgan fingerprint density at radius 3 is 2.61 bits per heavy atom. The van der Waals surface area contributed by atoms with Crippen molar-refractivity contribution in [2.24, 2.45) is 5.10 Å². The fourth-order valence-corrected chi connectivity index (χ4v) is 2.17. The van der Waals surface area contributed by atoms with Crippen LogP contribution < -0.4 is 10.2 Å². The third kappa shape index (κ3) is 4.95. The van der Waals surface area contributed by atoms with E-state index in [0.717, 1.165) is 22.4 Å². The zero-order chi connectivity index (χ0) is 16.7. The number of benzene rings is 2. The second kappa shape index (κ2) is 8.13. The minimum atomic E-state index is -0.284. The number of ether oxygens (including phenoxy) is 1. The van der Waals surface area contributed by atoms with Gasteiger partial charge in [0, 0.05) is 0 Å². The van der Waals surface area contributed by atoms with Crippen LogP contribution in [0.4, 0.5) is 0 Å². The number of nitrogens with zero attached hydrogens (tertiary/aromatic N) is 1. The molecular weight excluding hydrogens is 288 g/mol. The van der Waals surface area contributed by atoms with Crippen molar-refractivity contribution in [1.29, 1.82) is 0 Å². The molecule has 1 amide bonds. The van der Waals surface area contributed by atoms with E-state index in [0.29, 0.717) is 5.92 Å². The number of nitrogens with one attached hydrogen (secondary N) is 1. The first kappa shape index (κ1) is 16.7. The van der Waals surface area contributed by atoms with E-state index in [1.54, 1.807) is 6.21 Å². The topological polar surface area (TPSA) is 50.7 Å². The molecule has 2 aromatic rings. The summed E-state index contributed by atoms with van der Waals surface area (Å²) in [4.78, 5) is 11.8. The van der Waals surface area contributed by atoms with E-state index in [9.17, 15) is 4.79 Å². The van der Waals surface area contributed by atoms with Gasteiger partial charge in [-0.3, -0.25) is 4.79 Å². The van der Waals surface area contributed by atoms with Gasteiger partial charge in [0.25, 0.3) is 5.91 Å². The third-order valence-corrected chi connectivity index (χ3v) is 3.48. The molecule has 0 saturated carbocycles. The first-order valence-electron chi connectivity index (χ1n) is 7.67. The van der Waals surface area contributed by atoms with E-state index in [1.165, 1.54) is 0 Å². The van der Waals surface area contributed by atoms with Crippen LogP contribution in [-0.2, 0) is 4.79 Å². The Balaban J connectivity index is 1.88. The number of aryl methyl sites for hydroxylation is 1.